The lowest BCUT2D eigenvalue weighted by atomic mass is 9.73. The quantitative estimate of drug-likeness (QED) is 0.559. The van der Waals surface area contributed by atoms with Crippen LogP contribution in [0.1, 0.15) is 60.9 Å². The van der Waals surface area contributed by atoms with Crippen LogP contribution in [0, 0.1) is 5.41 Å². The molecule has 0 atom stereocenters. The highest BCUT2D eigenvalue weighted by atomic mass is 16.5. The van der Waals surface area contributed by atoms with Crippen molar-refractivity contribution in [2.75, 3.05) is 50.8 Å². The van der Waals surface area contributed by atoms with Gasteiger partial charge in [0.1, 0.15) is 12.4 Å². The third kappa shape index (κ3) is 6.73. The number of likely N-dealkylation sites (tertiary alicyclic amines) is 1. The number of hydrogen-bond acceptors (Lipinski definition) is 6. The van der Waals surface area contributed by atoms with Crippen LogP contribution < -0.4 is 20.3 Å². The SMILES string of the molecule is O=C1NCCCCC2(CCN(Cc3ccccc3N3CCC(O)CC3)CC2)C(=O)NCCOc2ccccc21. The number of nitrogens with zero attached hydrogens (tertiary/aromatic N) is 2. The van der Waals surface area contributed by atoms with E-state index in [0.29, 0.717) is 31.0 Å². The number of carbonyl (C=O) groups is 2. The van der Waals surface area contributed by atoms with E-state index in [9.17, 15) is 14.7 Å². The first-order valence-electron chi connectivity index (χ1n) is 14.6. The van der Waals surface area contributed by atoms with Crippen LogP contribution in [0.3, 0.4) is 0 Å². The normalized spacial score (nSPS) is 21.8. The molecule has 3 N–H and O–H groups in total. The largest absolute Gasteiger partial charge is 0.491 e. The smallest absolute Gasteiger partial charge is 0.255 e. The maximum Gasteiger partial charge on any atom is 0.255 e. The van der Waals surface area contributed by atoms with Crippen molar-refractivity contribution in [2.24, 2.45) is 5.41 Å². The highest BCUT2D eigenvalue weighted by Crippen LogP contribution is 2.38. The van der Waals surface area contributed by atoms with Gasteiger partial charge in [0.15, 0.2) is 0 Å². The monoisotopic (exact) mass is 534 g/mol. The molecule has 3 heterocycles. The van der Waals surface area contributed by atoms with Gasteiger partial charge < -0.3 is 25.4 Å². The lowest BCUT2D eigenvalue weighted by molar-refractivity contribution is -0.134. The molecule has 0 aliphatic carbocycles. The van der Waals surface area contributed by atoms with E-state index < -0.39 is 0 Å². The third-order valence-electron chi connectivity index (χ3n) is 8.63. The van der Waals surface area contributed by atoms with Crippen LogP contribution in [0.15, 0.2) is 48.5 Å². The third-order valence-corrected chi connectivity index (χ3v) is 8.63. The Bertz CT molecular complexity index is 1120. The Morgan fingerprint density at radius 2 is 1.62 bits per heavy atom. The van der Waals surface area contributed by atoms with Crippen LogP contribution in [0.5, 0.6) is 5.75 Å². The average Bonchev–Trinajstić information content (AvgIpc) is 2.96. The molecule has 3 aliphatic heterocycles. The minimum absolute atomic E-state index is 0.115. The molecule has 8 heteroatoms. The summed E-state index contributed by atoms with van der Waals surface area (Å²) in [5.74, 6) is 0.563. The van der Waals surface area contributed by atoms with Gasteiger partial charge >= 0.3 is 0 Å². The van der Waals surface area contributed by atoms with Gasteiger partial charge in [-0.05, 0) is 75.4 Å². The maximum atomic E-state index is 13.5. The van der Waals surface area contributed by atoms with Crippen molar-refractivity contribution in [3.8, 4) is 5.75 Å². The predicted molar refractivity (Wildman–Crippen MR) is 152 cm³/mol. The first-order chi connectivity index (χ1) is 19.0. The molecule has 0 bridgehead atoms. The fourth-order valence-corrected chi connectivity index (χ4v) is 6.21. The topological polar surface area (TPSA) is 94.1 Å². The minimum Gasteiger partial charge on any atom is -0.491 e. The van der Waals surface area contributed by atoms with Crippen LogP contribution in [0.2, 0.25) is 0 Å². The first-order valence-corrected chi connectivity index (χ1v) is 14.6. The molecule has 5 rings (SSSR count). The summed E-state index contributed by atoms with van der Waals surface area (Å²) >= 11 is 0. The Hall–Kier alpha value is -3.10. The van der Waals surface area contributed by atoms with Crippen molar-refractivity contribution >= 4 is 17.5 Å². The van der Waals surface area contributed by atoms with E-state index in [2.05, 4.69) is 44.7 Å². The van der Waals surface area contributed by atoms with Gasteiger partial charge in [0.2, 0.25) is 5.91 Å². The molecule has 0 radical (unpaired) electrons. The number of ether oxygens (including phenoxy) is 1. The van der Waals surface area contributed by atoms with Crippen LogP contribution in [0.4, 0.5) is 5.69 Å². The maximum absolute atomic E-state index is 13.5. The van der Waals surface area contributed by atoms with Crippen molar-refractivity contribution in [3.05, 3.63) is 59.7 Å². The summed E-state index contributed by atoms with van der Waals surface area (Å²) in [5.41, 5.74) is 2.73. The summed E-state index contributed by atoms with van der Waals surface area (Å²) < 4.78 is 5.88. The molecular formula is C31H42N4O4. The van der Waals surface area contributed by atoms with Crippen LogP contribution in [-0.2, 0) is 11.3 Å². The summed E-state index contributed by atoms with van der Waals surface area (Å²) in [6, 6.07) is 15.9. The van der Waals surface area contributed by atoms with Gasteiger partial charge in [-0.15, -0.1) is 0 Å². The van der Waals surface area contributed by atoms with Crippen LogP contribution >= 0.6 is 0 Å². The second-order valence-corrected chi connectivity index (χ2v) is 11.2. The van der Waals surface area contributed by atoms with Crippen molar-refractivity contribution in [2.45, 2.75) is 57.6 Å². The number of carbonyl (C=O) groups excluding carboxylic acids is 2. The number of anilines is 1. The number of para-hydroxylation sites is 2. The van der Waals surface area contributed by atoms with E-state index in [4.69, 9.17) is 4.74 Å². The number of rotatable bonds is 3. The fourth-order valence-electron chi connectivity index (χ4n) is 6.21. The summed E-state index contributed by atoms with van der Waals surface area (Å²) in [6.45, 7) is 5.71. The van der Waals surface area contributed by atoms with E-state index in [1.165, 1.54) is 11.3 Å². The Morgan fingerprint density at radius 3 is 2.44 bits per heavy atom. The number of hydrogen-bond donors (Lipinski definition) is 3. The zero-order valence-corrected chi connectivity index (χ0v) is 22.9. The molecule has 210 valence electrons. The molecular weight excluding hydrogens is 492 g/mol. The predicted octanol–water partition coefficient (Wildman–Crippen LogP) is 3.34. The molecule has 2 fully saturated rings. The van der Waals surface area contributed by atoms with Crippen molar-refractivity contribution < 1.29 is 19.4 Å². The van der Waals surface area contributed by atoms with Crippen molar-refractivity contribution in [1.82, 2.24) is 15.5 Å². The van der Waals surface area contributed by atoms with Crippen LogP contribution in [-0.4, -0.2) is 73.8 Å². The summed E-state index contributed by atoms with van der Waals surface area (Å²) in [7, 11) is 0. The number of nitrogens with one attached hydrogen (secondary N) is 2. The van der Waals surface area contributed by atoms with Gasteiger partial charge in [0.25, 0.3) is 5.91 Å². The molecule has 2 aromatic carbocycles. The molecule has 2 amide bonds. The summed E-state index contributed by atoms with van der Waals surface area (Å²) in [6.07, 6.45) is 5.66. The van der Waals surface area contributed by atoms with Gasteiger partial charge in [0.05, 0.1) is 23.6 Å². The lowest BCUT2D eigenvalue weighted by Gasteiger charge is -2.41. The standard InChI is InChI=1S/C31H42N4O4/c36-25-11-18-35(19-12-25)27-9-3-1-7-24(27)23-34-20-14-31(15-21-34)13-5-6-16-32-29(37)26-8-2-4-10-28(26)39-22-17-33-30(31)38/h1-4,7-10,25,36H,5-6,11-23H2,(H,32,37)(H,33,38). The highest BCUT2D eigenvalue weighted by molar-refractivity contribution is 5.96. The molecule has 0 saturated carbocycles. The lowest BCUT2D eigenvalue weighted by Crippen LogP contribution is -2.49. The number of fused-ring (bicyclic) bond motifs is 1. The highest BCUT2D eigenvalue weighted by Gasteiger charge is 2.40. The first kappa shape index (κ1) is 27.5. The molecule has 8 nitrogen and oxygen atoms in total. The number of aliphatic hydroxyl groups is 1. The fraction of sp³-hybridized carbons (Fsp3) is 0.548. The molecule has 3 aliphatic rings. The van der Waals surface area contributed by atoms with E-state index in [1.807, 2.05) is 12.1 Å². The molecule has 2 saturated heterocycles. The minimum atomic E-state index is -0.384. The van der Waals surface area contributed by atoms with E-state index in [0.717, 1.165) is 77.7 Å². The van der Waals surface area contributed by atoms with Gasteiger partial charge in [-0.2, -0.15) is 0 Å². The van der Waals surface area contributed by atoms with Gasteiger partial charge in [0, 0.05) is 31.9 Å². The summed E-state index contributed by atoms with van der Waals surface area (Å²) in [4.78, 5) is 31.1. The molecule has 1 spiro atoms. The molecule has 0 unspecified atom stereocenters. The van der Waals surface area contributed by atoms with Gasteiger partial charge in [-0.1, -0.05) is 36.8 Å². The number of aliphatic hydroxyl groups excluding tert-OH is 1. The Morgan fingerprint density at radius 1 is 0.872 bits per heavy atom. The van der Waals surface area contributed by atoms with E-state index in [1.54, 1.807) is 12.1 Å². The number of piperidine rings is 2. The van der Waals surface area contributed by atoms with Crippen molar-refractivity contribution in [1.29, 1.82) is 0 Å². The van der Waals surface area contributed by atoms with Crippen LogP contribution in [0.25, 0.3) is 0 Å². The van der Waals surface area contributed by atoms with E-state index in [-0.39, 0.29) is 23.3 Å². The summed E-state index contributed by atoms with van der Waals surface area (Å²) in [5, 5.41) is 16.1. The second kappa shape index (κ2) is 12.8. The average molecular weight is 535 g/mol. The van der Waals surface area contributed by atoms with Crippen molar-refractivity contribution in [3.63, 3.8) is 0 Å². The number of benzene rings is 2. The van der Waals surface area contributed by atoms with Gasteiger partial charge in [-0.3, -0.25) is 14.5 Å². The van der Waals surface area contributed by atoms with Gasteiger partial charge in [-0.25, -0.2) is 0 Å². The Kier molecular flexibility index (Phi) is 9.04. The zero-order valence-electron chi connectivity index (χ0n) is 22.9. The Balaban J connectivity index is 1.21. The second-order valence-electron chi connectivity index (χ2n) is 11.2. The number of amides is 2. The zero-order chi connectivity index (χ0) is 27.1. The van der Waals surface area contributed by atoms with E-state index >= 15 is 0 Å². The molecule has 0 aromatic heterocycles. The Labute approximate surface area is 231 Å². The molecule has 39 heavy (non-hydrogen) atoms. The molecule has 2 aromatic rings.